The lowest BCUT2D eigenvalue weighted by molar-refractivity contribution is 1.04. The molecule has 174 valence electrons. The molecular weight excluding hydrogens is 499 g/mol. The van der Waals surface area contributed by atoms with E-state index in [4.69, 9.17) is 24.4 Å². The van der Waals surface area contributed by atoms with Crippen molar-refractivity contribution in [2.45, 2.75) is 25.4 Å². The first kappa shape index (κ1) is 26.0. The topological polar surface area (TPSA) is 61.7 Å². The van der Waals surface area contributed by atoms with E-state index in [2.05, 4.69) is 50.3 Å². The van der Waals surface area contributed by atoms with Crippen molar-refractivity contribution in [3.8, 4) is 0 Å². The second-order valence-corrected chi connectivity index (χ2v) is 10.5. The molecule has 3 rings (SSSR count). The third-order valence-corrected chi connectivity index (χ3v) is 7.10. The highest BCUT2D eigenvalue weighted by Crippen LogP contribution is 2.14. The highest BCUT2D eigenvalue weighted by molar-refractivity contribution is 8.22. The quantitative estimate of drug-likeness (QED) is 0.209. The van der Waals surface area contributed by atoms with Crippen LogP contribution in [-0.2, 0) is 11.5 Å². The van der Waals surface area contributed by atoms with E-state index in [1.165, 1.54) is 34.7 Å². The number of hydrogen-bond donors (Lipinski definition) is 2. The van der Waals surface area contributed by atoms with Crippen LogP contribution < -0.4 is 10.9 Å². The van der Waals surface area contributed by atoms with Crippen LogP contribution in [0.5, 0.6) is 0 Å². The highest BCUT2D eigenvalue weighted by atomic mass is 32.2. The molecule has 0 amide bonds. The fourth-order valence-corrected chi connectivity index (χ4v) is 4.37. The number of benzene rings is 2. The summed E-state index contributed by atoms with van der Waals surface area (Å²) in [6.45, 7) is 3.79. The molecule has 2 aromatic carbocycles. The lowest BCUT2D eigenvalue weighted by atomic mass is 10.2. The van der Waals surface area contributed by atoms with Crippen molar-refractivity contribution in [1.82, 2.24) is 15.8 Å². The summed E-state index contributed by atoms with van der Waals surface area (Å²) in [5.41, 5.74) is 11.3. The van der Waals surface area contributed by atoms with Gasteiger partial charge in [-0.1, -0.05) is 115 Å². The lowest BCUT2D eigenvalue weighted by Crippen LogP contribution is -2.16. The van der Waals surface area contributed by atoms with E-state index in [0.29, 0.717) is 8.64 Å². The normalized spacial score (nSPS) is 11.7. The first-order valence-electron chi connectivity index (χ1n) is 10.5. The Hall–Kier alpha value is -2.59. The summed E-state index contributed by atoms with van der Waals surface area (Å²) in [5, 5.41) is 8.79. The molecule has 9 heteroatoms. The van der Waals surface area contributed by atoms with E-state index in [9.17, 15) is 0 Å². The Bertz CT molecular complexity index is 1080. The summed E-state index contributed by atoms with van der Waals surface area (Å²) >= 11 is 13.8. The van der Waals surface area contributed by atoms with Crippen molar-refractivity contribution in [1.29, 1.82) is 0 Å². The number of hydrogen-bond acceptors (Lipinski definition) is 7. The zero-order chi connectivity index (χ0) is 24.2. The maximum absolute atomic E-state index is 5.38. The maximum atomic E-state index is 5.38. The molecule has 1 heterocycles. The third-order valence-electron chi connectivity index (χ3n) is 4.55. The van der Waals surface area contributed by atoms with Gasteiger partial charge in [0.25, 0.3) is 0 Å². The molecule has 0 atom stereocenters. The van der Waals surface area contributed by atoms with Crippen LogP contribution in [0, 0.1) is 0 Å². The smallest absolute Gasteiger partial charge is 0.154 e. The fourth-order valence-electron chi connectivity index (χ4n) is 2.72. The van der Waals surface area contributed by atoms with E-state index in [0.717, 1.165) is 34.3 Å². The molecule has 3 aromatic rings. The molecule has 0 aliphatic rings. The highest BCUT2D eigenvalue weighted by Gasteiger charge is 2.06. The fraction of sp³-hybridized carbons (Fsp3) is 0.160. The summed E-state index contributed by atoms with van der Waals surface area (Å²) in [6, 6.07) is 26.1. The Morgan fingerprint density at radius 1 is 0.676 bits per heavy atom. The zero-order valence-electron chi connectivity index (χ0n) is 18.9. The van der Waals surface area contributed by atoms with Gasteiger partial charge < -0.3 is 0 Å². The standard InChI is InChI=1S/C25H25N5S4/c1-18(27-29-24(31)33-16-20-10-5-3-6-11-20)22-14-9-15-23(26-22)19(2)28-30-25(32)34-17-21-12-7-4-8-13-21/h3-15H,16-17H2,1-2H3,(H,29,31)(H,30,32)/b27-18+,28-19+. The molecule has 0 bridgehead atoms. The van der Waals surface area contributed by atoms with E-state index in [-0.39, 0.29) is 0 Å². The van der Waals surface area contributed by atoms with Crippen LogP contribution in [0.15, 0.2) is 89.1 Å². The number of aromatic nitrogens is 1. The van der Waals surface area contributed by atoms with E-state index in [1.54, 1.807) is 0 Å². The monoisotopic (exact) mass is 523 g/mol. The van der Waals surface area contributed by atoms with Gasteiger partial charge in [-0.3, -0.25) is 10.9 Å². The van der Waals surface area contributed by atoms with E-state index in [1.807, 2.05) is 68.4 Å². The molecule has 0 aliphatic carbocycles. The predicted octanol–water partition coefficient (Wildman–Crippen LogP) is 6.15. The molecule has 0 unspecified atom stereocenters. The molecule has 5 nitrogen and oxygen atoms in total. The number of pyridine rings is 1. The maximum Gasteiger partial charge on any atom is 0.154 e. The summed E-state index contributed by atoms with van der Waals surface area (Å²) in [6.07, 6.45) is 0. The average Bonchev–Trinajstić information content (AvgIpc) is 2.89. The van der Waals surface area contributed by atoms with Crippen molar-refractivity contribution in [3.63, 3.8) is 0 Å². The van der Waals surface area contributed by atoms with Crippen LogP contribution in [0.3, 0.4) is 0 Å². The van der Waals surface area contributed by atoms with Crippen LogP contribution in [0.2, 0.25) is 0 Å². The zero-order valence-corrected chi connectivity index (χ0v) is 22.2. The van der Waals surface area contributed by atoms with E-state index < -0.39 is 0 Å². The molecule has 0 spiro atoms. The Morgan fingerprint density at radius 3 is 1.50 bits per heavy atom. The Morgan fingerprint density at radius 2 is 1.09 bits per heavy atom. The summed E-state index contributed by atoms with van der Waals surface area (Å²) in [4.78, 5) is 4.67. The van der Waals surface area contributed by atoms with E-state index >= 15 is 0 Å². The van der Waals surface area contributed by atoms with Gasteiger partial charge in [0, 0.05) is 11.5 Å². The van der Waals surface area contributed by atoms with Gasteiger partial charge in [-0.25, -0.2) is 4.98 Å². The van der Waals surface area contributed by atoms with Crippen LogP contribution in [0.4, 0.5) is 0 Å². The van der Waals surface area contributed by atoms with Gasteiger partial charge in [0.1, 0.15) is 0 Å². The average molecular weight is 524 g/mol. The largest absolute Gasteiger partial charge is 0.262 e. The van der Waals surface area contributed by atoms with Crippen molar-refractivity contribution in [2.24, 2.45) is 10.2 Å². The molecule has 2 N–H and O–H groups in total. The van der Waals surface area contributed by atoms with Gasteiger partial charge in [0.15, 0.2) is 8.64 Å². The van der Waals surface area contributed by atoms with Crippen molar-refractivity contribution >= 4 is 68.0 Å². The number of nitrogens with zero attached hydrogens (tertiary/aromatic N) is 3. The molecular formula is C25H25N5S4. The molecule has 1 aromatic heterocycles. The molecule has 0 aliphatic heterocycles. The Balaban J connectivity index is 1.51. The predicted molar refractivity (Wildman–Crippen MR) is 156 cm³/mol. The van der Waals surface area contributed by atoms with Gasteiger partial charge >= 0.3 is 0 Å². The van der Waals surface area contributed by atoms with Gasteiger partial charge in [0.05, 0.1) is 22.8 Å². The second kappa shape index (κ2) is 14.0. The summed E-state index contributed by atoms with van der Waals surface area (Å²) in [5.74, 6) is 1.59. The third kappa shape index (κ3) is 8.98. The summed E-state index contributed by atoms with van der Waals surface area (Å²) in [7, 11) is 0. The number of rotatable bonds is 8. The SMILES string of the molecule is C/C(=N\NC(=S)SCc1ccccc1)c1cccc(/C(C)=N/NC(=S)SCc2ccccc2)n1. The minimum Gasteiger partial charge on any atom is -0.262 e. The second-order valence-electron chi connectivity index (χ2n) is 7.15. The lowest BCUT2D eigenvalue weighted by Gasteiger charge is -2.07. The van der Waals surface area contributed by atoms with Gasteiger partial charge in [-0.2, -0.15) is 10.2 Å². The number of thioether (sulfide) groups is 2. The van der Waals surface area contributed by atoms with Crippen LogP contribution in [0.1, 0.15) is 36.4 Å². The van der Waals surface area contributed by atoms with Crippen molar-refractivity contribution in [2.75, 3.05) is 0 Å². The first-order valence-corrected chi connectivity index (χ1v) is 13.3. The molecule has 0 radical (unpaired) electrons. The molecule has 0 fully saturated rings. The summed E-state index contributed by atoms with van der Waals surface area (Å²) < 4.78 is 1.23. The van der Waals surface area contributed by atoms with Crippen LogP contribution in [0.25, 0.3) is 0 Å². The van der Waals surface area contributed by atoms with Crippen molar-refractivity contribution in [3.05, 3.63) is 101 Å². The number of thiocarbonyl (C=S) groups is 2. The Labute approximate surface area is 219 Å². The molecule has 0 saturated carbocycles. The van der Waals surface area contributed by atoms with Gasteiger partial charge in [-0.15, -0.1) is 0 Å². The number of hydrazone groups is 2. The van der Waals surface area contributed by atoms with Gasteiger partial charge in [-0.05, 0) is 37.1 Å². The first-order chi connectivity index (χ1) is 16.5. The van der Waals surface area contributed by atoms with Crippen molar-refractivity contribution < 1.29 is 0 Å². The minimum absolute atomic E-state index is 0.614. The molecule has 0 saturated heterocycles. The number of nitrogens with one attached hydrogen (secondary N) is 2. The van der Waals surface area contributed by atoms with Crippen LogP contribution >= 0.6 is 48.0 Å². The molecule has 34 heavy (non-hydrogen) atoms. The minimum atomic E-state index is 0.614. The van der Waals surface area contributed by atoms with Gasteiger partial charge in [0.2, 0.25) is 0 Å². The Kier molecular flexibility index (Phi) is 10.7. The van der Waals surface area contributed by atoms with Crippen LogP contribution in [-0.4, -0.2) is 25.0 Å².